The molecule has 3 atom stereocenters. The van der Waals surface area contributed by atoms with Gasteiger partial charge in [-0.3, -0.25) is 0 Å². The van der Waals surface area contributed by atoms with Gasteiger partial charge in [-0.1, -0.05) is 33.6 Å². The van der Waals surface area contributed by atoms with E-state index in [2.05, 4.69) is 24.4 Å². The molecule has 0 heterocycles. The van der Waals surface area contributed by atoms with Crippen molar-refractivity contribution >= 4 is 12.5 Å². The first-order chi connectivity index (χ1) is 8.13. The number of carbonyl (C=O) groups is 1. The van der Waals surface area contributed by atoms with Crippen LogP contribution in [0.4, 0.5) is 0 Å². The van der Waals surface area contributed by atoms with Gasteiger partial charge in [0.1, 0.15) is 6.29 Å². The fraction of sp³-hybridized carbons (Fsp3) is 0.857. The summed E-state index contributed by atoms with van der Waals surface area (Å²) in [6.07, 6.45) is 9.01. The predicted octanol–water partition coefficient (Wildman–Crippen LogP) is 3.00. The van der Waals surface area contributed by atoms with Gasteiger partial charge in [0.05, 0.1) is 0 Å². The topological polar surface area (TPSA) is 41.5 Å². The molecule has 0 radical (unpaired) electrons. The lowest BCUT2D eigenvalue weighted by Crippen LogP contribution is -2.36. The fourth-order valence-electron chi connectivity index (χ4n) is 2.48. The maximum absolute atomic E-state index is 10.7. The minimum absolute atomic E-state index is 0.177. The van der Waals surface area contributed by atoms with Gasteiger partial charge in [0.25, 0.3) is 0 Å². The van der Waals surface area contributed by atoms with Crippen LogP contribution in [0.15, 0.2) is 5.10 Å². The molecule has 0 aliphatic heterocycles. The molecule has 1 rings (SSSR count). The van der Waals surface area contributed by atoms with Gasteiger partial charge in [-0.2, -0.15) is 5.10 Å². The number of rotatable bonds is 6. The van der Waals surface area contributed by atoms with Crippen LogP contribution in [0.25, 0.3) is 0 Å². The second-order valence-corrected chi connectivity index (χ2v) is 5.65. The fourth-order valence-corrected chi connectivity index (χ4v) is 2.48. The largest absolute Gasteiger partial charge is 0.307 e. The molecule has 3 unspecified atom stereocenters. The summed E-state index contributed by atoms with van der Waals surface area (Å²) in [7, 11) is 0. The van der Waals surface area contributed by atoms with Crippen molar-refractivity contribution in [2.45, 2.75) is 58.9 Å². The summed E-state index contributed by atoms with van der Waals surface area (Å²) in [6, 6.07) is 0.459. The third-order valence-corrected chi connectivity index (χ3v) is 3.43. The molecule has 0 aromatic rings. The normalized spacial score (nSPS) is 27.3. The zero-order valence-corrected chi connectivity index (χ0v) is 11.4. The number of nitrogens with one attached hydrogen (secondary N) is 1. The molecule has 0 bridgehead atoms. The van der Waals surface area contributed by atoms with Gasteiger partial charge in [0.2, 0.25) is 0 Å². The van der Waals surface area contributed by atoms with E-state index in [0.29, 0.717) is 17.9 Å². The van der Waals surface area contributed by atoms with E-state index >= 15 is 0 Å². The first-order valence-electron chi connectivity index (χ1n) is 6.87. The van der Waals surface area contributed by atoms with E-state index in [1.165, 1.54) is 25.7 Å². The van der Waals surface area contributed by atoms with Gasteiger partial charge in [-0.25, -0.2) is 0 Å². The molecule has 0 aromatic carbocycles. The first-order valence-corrected chi connectivity index (χ1v) is 6.87. The Morgan fingerprint density at radius 2 is 2.00 bits per heavy atom. The van der Waals surface area contributed by atoms with Crippen molar-refractivity contribution < 1.29 is 4.79 Å². The Kier molecular flexibility index (Phi) is 6.23. The molecule has 1 N–H and O–H groups in total. The Hall–Kier alpha value is -0.860. The third kappa shape index (κ3) is 5.33. The average Bonchev–Trinajstić information content (AvgIpc) is 2.30. The number of aldehydes is 1. The van der Waals surface area contributed by atoms with Crippen LogP contribution >= 0.6 is 0 Å². The van der Waals surface area contributed by atoms with E-state index in [1.807, 2.05) is 13.1 Å². The van der Waals surface area contributed by atoms with E-state index in [4.69, 9.17) is 0 Å². The van der Waals surface area contributed by atoms with E-state index in [9.17, 15) is 4.79 Å². The van der Waals surface area contributed by atoms with Gasteiger partial charge in [0.15, 0.2) is 0 Å². The van der Waals surface area contributed by atoms with Crippen molar-refractivity contribution in [2.75, 3.05) is 0 Å². The number of carbonyl (C=O) groups excluding carboxylic acids is 1. The van der Waals surface area contributed by atoms with Crippen LogP contribution in [0.3, 0.4) is 0 Å². The number of nitrogens with zero attached hydrogens (tertiary/aromatic N) is 1. The maximum atomic E-state index is 10.7. The van der Waals surface area contributed by atoms with Gasteiger partial charge < -0.3 is 10.2 Å². The molecule has 1 fully saturated rings. The Morgan fingerprint density at radius 3 is 2.65 bits per heavy atom. The van der Waals surface area contributed by atoms with Crippen molar-refractivity contribution in [3.05, 3.63) is 0 Å². The van der Waals surface area contributed by atoms with Crippen molar-refractivity contribution in [2.24, 2.45) is 22.9 Å². The SMILES string of the molecule is CC(C)/C=N\NC1CCCCC1CC(C)C=O. The Balaban J connectivity index is 2.44. The van der Waals surface area contributed by atoms with Crippen LogP contribution < -0.4 is 5.43 Å². The zero-order chi connectivity index (χ0) is 12.7. The smallest absolute Gasteiger partial charge is 0.122 e. The highest BCUT2D eigenvalue weighted by atomic mass is 16.1. The Morgan fingerprint density at radius 1 is 1.29 bits per heavy atom. The molecule has 0 amide bonds. The first kappa shape index (κ1) is 14.2. The number of hydrazone groups is 1. The summed E-state index contributed by atoms with van der Waals surface area (Å²) in [5.74, 6) is 1.27. The predicted molar refractivity (Wildman–Crippen MR) is 72.1 cm³/mol. The monoisotopic (exact) mass is 238 g/mol. The molecular weight excluding hydrogens is 212 g/mol. The highest BCUT2D eigenvalue weighted by Crippen LogP contribution is 2.29. The second-order valence-electron chi connectivity index (χ2n) is 5.65. The summed E-state index contributed by atoms with van der Waals surface area (Å²) in [4.78, 5) is 10.7. The summed E-state index contributed by atoms with van der Waals surface area (Å²) in [5, 5.41) is 4.31. The van der Waals surface area contributed by atoms with Crippen LogP contribution in [-0.2, 0) is 4.79 Å². The molecule has 1 saturated carbocycles. The van der Waals surface area contributed by atoms with Crippen LogP contribution in [0.5, 0.6) is 0 Å². The molecule has 0 spiro atoms. The van der Waals surface area contributed by atoms with Crippen molar-refractivity contribution in [3.63, 3.8) is 0 Å². The van der Waals surface area contributed by atoms with Crippen molar-refractivity contribution in [1.82, 2.24) is 5.43 Å². The summed E-state index contributed by atoms with van der Waals surface area (Å²) in [5.41, 5.74) is 3.29. The Labute approximate surface area is 105 Å². The van der Waals surface area contributed by atoms with Gasteiger partial charge in [-0.05, 0) is 31.1 Å². The molecule has 3 nitrogen and oxygen atoms in total. The highest BCUT2D eigenvalue weighted by molar-refractivity contribution is 5.59. The number of hydrogen-bond acceptors (Lipinski definition) is 3. The molecule has 98 valence electrons. The van der Waals surface area contributed by atoms with Crippen LogP contribution in [-0.4, -0.2) is 18.5 Å². The zero-order valence-electron chi connectivity index (χ0n) is 11.4. The van der Waals surface area contributed by atoms with Crippen LogP contribution in [0, 0.1) is 17.8 Å². The second kappa shape index (κ2) is 7.46. The van der Waals surface area contributed by atoms with Crippen molar-refractivity contribution in [1.29, 1.82) is 0 Å². The molecule has 3 heteroatoms. The molecule has 17 heavy (non-hydrogen) atoms. The molecule has 0 saturated heterocycles. The van der Waals surface area contributed by atoms with Crippen molar-refractivity contribution in [3.8, 4) is 0 Å². The molecular formula is C14H26N2O. The third-order valence-electron chi connectivity index (χ3n) is 3.43. The standard InChI is InChI=1S/C14H26N2O/c1-11(2)9-15-16-14-7-5-4-6-13(14)8-12(3)10-17/h9-14,16H,4-8H2,1-3H3/b15-9-. The lowest BCUT2D eigenvalue weighted by atomic mass is 9.80. The molecule has 0 aromatic heterocycles. The Bertz CT molecular complexity index is 251. The summed E-state index contributed by atoms with van der Waals surface area (Å²) >= 11 is 0. The van der Waals surface area contributed by atoms with Crippen LogP contribution in [0.1, 0.15) is 52.9 Å². The number of hydrogen-bond donors (Lipinski definition) is 1. The molecule has 1 aliphatic rings. The average molecular weight is 238 g/mol. The summed E-state index contributed by atoms with van der Waals surface area (Å²) in [6.45, 7) is 6.26. The van der Waals surface area contributed by atoms with Gasteiger partial charge in [0, 0.05) is 18.2 Å². The van der Waals surface area contributed by atoms with E-state index in [0.717, 1.165) is 12.7 Å². The molecule has 1 aliphatic carbocycles. The van der Waals surface area contributed by atoms with Crippen LogP contribution in [0.2, 0.25) is 0 Å². The minimum atomic E-state index is 0.177. The lowest BCUT2D eigenvalue weighted by molar-refractivity contribution is -0.111. The van der Waals surface area contributed by atoms with E-state index in [1.54, 1.807) is 0 Å². The van der Waals surface area contributed by atoms with Gasteiger partial charge >= 0.3 is 0 Å². The lowest BCUT2D eigenvalue weighted by Gasteiger charge is -2.32. The summed E-state index contributed by atoms with van der Waals surface area (Å²) < 4.78 is 0. The van der Waals surface area contributed by atoms with Gasteiger partial charge in [-0.15, -0.1) is 0 Å². The highest BCUT2D eigenvalue weighted by Gasteiger charge is 2.25. The van der Waals surface area contributed by atoms with E-state index < -0.39 is 0 Å². The quantitative estimate of drug-likeness (QED) is 0.439. The maximum Gasteiger partial charge on any atom is 0.122 e. The minimum Gasteiger partial charge on any atom is -0.307 e. The van der Waals surface area contributed by atoms with E-state index in [-0.39, 0.29) is 5.92 Å².